The number of hydrogen-bond donors (Lipinski definition) is 1. The third kappa shape index (κ3) is 6.55. The molecule has 0 amide bonds. The van der Waals surface area contributed by atoms with E-state index in [-0.39, 0.29) is 0 Å². The Labute approximate surface area is 127 Å². The van der Waals surface area contributed by atoms with E-state index in [4.69, 9.17) is 0 Å². The molecule has 120 valence electrons. The van der Waals surface area contributed by atoms with E-state index in [9.17, 15) is 0 Å². The molecular weight excluding hydrogens is 246 g/mol. The van der Waals surface area contributed by atoms with Crippen molar-refractivity contribution in [2.24, 2.45) is 11.3 Å². The van der Waals surface area contributed by atoms with E-state index in [0.717, 1.165) is 12.5 Å². The van der Waals surface area contributed by atoms with Crippen LogP contribution >= 0.6 is 0 Å². The van der Waals surface area contributed by atoms with Gasteiger partial charge in [0.25, 0.3) is 0 Å². The summed E-state index contributed by atoms with van der Waals surface area (Å²) < 4.78 is 0. The Bertz CT molecular complexity index is 251. The molecule has 3 nitrogen and oxygen atoms in total. The van der Waals surface area contributed by atoms with Crippen LogP contribution in [0.15, 0.2) is 0 Å². The van der Waals surface area contributed by atoms with Gasteiger partial charge in [0.05, 0.1) is 0 Å². The van der Waals surface area contributed by atoms with E-state index < -0.39 is 0 Å². The van der Waals surface area contributed by atoms with Gasteiger partial charge in [0.2, 0.25) is 0 Å². The molecule has 1 rings (SSSR count). The second-order valence-electron chi connectivity index (χ2n) is 7.77. The predicted octanol–water partition coefficient (Wildman–Crippen LogP) is 2.67. The molecule has 1 saturated heterocycles. The van der Waals surface area contributed by atoms with Gasteiger partial charge in [-0.2, -0.15) is 0 Å². The quantitative estimate of drug-likeness (QED) is 0.775. The van der Waals surface area contributed by atoms with Crippen molar-refractivity contribution in [3.8, 4) is 0 Å². The molecule has 0 aromatic carbocycles. The molecule has 0 spiro atoms. The SMILES string of the molecule is CCNC(CCN(C)CC1CCN(C)CC1)C(C)(C)C. The first-order valence-corrected chi connectivity index (χ1v) is 8.43. The number of likely N-dealkylation sites (tertiary alicyclic amines) is 1. The molecular formula is C17H37N3. The molecule has 0 radical (unpaired) electrons. The van der Waals surface area contributed by atoms with Gasteiger partial charge in [-0.25, -0.2) is 0 Å². The maximum Gasteiger partial charge on any atom is 0.0128 e. The number of nitrogens with one attached hydrogen (secondary N) is 1. The molecule has 3 heteroatoms. The zero-order valence-electron chi connectivity index (χ0n) is 14.7. The normalized spacial score (nSPS) is 20.6. The van der Waals surface area contributed by atoms with Crippen molar-refractivity contribution in [2.75, 3.05) is 46.8 Å². The summed E-state index contributed by atoms with van der Waals surface area (Å²) in [5, 5.41) is 3.65. The highest BCUT2D eigenvalue weighted by atomic mass is 15.1. The van der Waals surface area contributed by atoms with Crippen LogP contribution < -0.4 is 5.32 Å². The Balaban J connectivity index is 2.29. The Morgan fingerprint density at radius 2 is 1.85 bits per heavy atom. The van der Waals surface area contributed by atoms with Gasteiger partial charge in [0.15, 0.2) is 0 Å². The highest BCUT2D eigenvalue weighted by molar-refractivity contribution is 4.81. The molecule has 1 aliphatic rings. The summed E-state index contributed by atoms with van der Waals surface area (Å²) in [6.45, 7) is 15.4. The Hall–Kier alpha value is -0.120. The minimum absolute atomic E-state index is 0.352. The Morgan fingerprint density at radius 1 is 1.25 bits per heavy atom. The van der Waals surface area contributed by atoms with E-state index in [1.165, 1.54) is 45.4 Å². The lowest BCUT2D eigenvalue weighted by atomic mass is 9.84. The van der Waals surface area contributed by atoms with Gasteiger partial charge in [0.1, 0.15) is 0 Å². The van der Waals surface area contributed by atoms with Crippen molar-refractivity contribution in [3.05, 3.63) is 0 Å². The molecule has 1 unspecified atom stereocenters. The lowest BCUT2D eigenvalue weighted by Crippen LogP contribution is -2.43. The summed E-state index contributed by atoms with van der Waals surface area (Å²) in [5.41, 5.74) is 0.352. The predicted molar refractivity (Wildman–Crippen MR) is 89.3 cm³/mol. The van der Waals surface area contributed by atoms with Crippen LogP contribution in [0.3, 0.4) is 0 Å². The largest absolute Gasteiger partial charge is 0.314 e. The van der Waals surface area contributed by atoms with E-state index in [1.54, 1.807) is 0 Å². The number of rotatable bonds is 7. The van der Waals surface area contributed by atoms with Crippen LogP contribution in [0, 0.1) is 11.3 Å². The number of hydrogen-bond acceptors (Lipinski definition) is 3. The van der Waals surface area contributed by atoms with Gasteiger partial charge in [0, 0.05) is 12.6 Å². The third-order valence-electron chi connectivity index (χ3n) is 4.70. The first-order chi connectivity index (χ1) is 9.32. The topological polar surface area (TPSA) is 18.5 Å². The summed E-state index contributed by atoms with van der Waals surface area (Å²) >= 11 is 0. The monoisotopic (exact) mass is 283 g/mol. The maximum atomic E-state index is 3.65. The van der Waals surface area contributed by atoms with Crippen LogP contribution in [-0.4, -0.2) is 62.7 Å². The summed E-state index contributed by atoms with van der Waals surface area (Å²) in [4.78, 5) is 5.00. The fourth-order valence-electron chi connectivity index (χ4n) is 3.21. The standard InChI is InChI=1S/C17H37N3/c1-7-18-16(17(2,3)4)10-13-20(6)14-15-8-11-19(5)12-9-15/h15-16,18H,7-14H2,1-6H3. The molecule has 1 heterocycles. The van der Waals surface area contributed by atoms with Crippen LogP contribution in [-0.2, 0) is 0 Å². The molecule has 0 aromatic rings. The molecule has 0 saturated carbocycles. The number of nitrogens with zero attached hydrogens (tertiary/aromatic N) is 2. The number of piperidine rings is 1. The average Bonchev–Trinajstić information content (AvgIpc) is 2.36. The fraction of sp³-hybridized carbons (Fsp3) is 1.00. The van der Waals surface area contributed by atoms with E-state index in [2.05, 4.69) is 56.9 Å². The van der Waals surface area contributed by atoms with Crippen molar-refractivity contribution in [3.63, 3.8) is 0 Å². The second-order valence-corrected chi connectivity index (χ2v) is 7.77. The van der Waals surface area contributed by atoms with Crippen LogP contribution in [0.5, 0.6) is 0 Å². The van der Waals surface area contributed by atoms with Crippen molar-refractivity contribution in [1.29, 1.82) is 0 Å². The summed E-state index contributed by atoms with van der Waals surface area (Å²) in [6.07, 6.45) is 3.99. The van der Waals surface area contributed by atoms with Crippen molar-refractivity contribution in [2.45, 2.75) is 53.0 Å². The average molecular weight is 284 g/mol. The van der Waals surface area contributed by atoms with Crippen molar-refractivity contribution < 1.29 is 0 Å². The molecule has 0 aliphatic carbocycles. The lowest BCUT2D eigenvalue weighted by molar-refractivity contribution is 0.164. The molecule has 1 aliphatic heterocycles. The van der Waals surface area contributed by atoms with Crippen LogP contribution in [0.1, 0.15) is 47.0 Å². The fourth-order valence-corrected chi connectivity index (χ4v) is 3.21. The molecule has 0 aromatic heterocycles. The van der Waals surface area contributed by atoms with Gasteiger partial charge >= 0.3 is 0 Å². The summed E-state index contributed by atoms with van der Waals surface area (Å²) in [5.74, 6) is 0.906. The van der Waals surface area contributed by atoms with E-state index in [0.29, 0.717) is 11.5 Å². The zero-order chi connectivity index (χ0) is 15.2. The van der Waals surface area contributed by atoms with Crippen LogP contribution in [0.4, 0.5) is 0 Å². The second kappa shape index (κ2) is 8.35. The van der Waals surface area contributed by atoms with Crippen LogP contribution in [0.25, 0.3) is 0 Å². The summed E-state index contributed by atoms with van der Waals surface area (Å²) in [6, 6.07) is 0.618. The molecule has 1 atom stereocenters. The molecule has 20 heavy (non-hydrogen) atoms. The highest BCUT2D eigenvalue weighted by Crippen LogP contribution is 2.22. The first kappa shape index (κ1) is 17.9. The highest BCUT2D eigenvalue weighted by Gasteiger charge is 2.24. The zero-order valence-corrected chi connectivity index (χ0v) is 14.7. The van der Waals surface area contributed by atoms with Crippen molar-refractivity contribution in [1.82, 2.24) is 15.1 Å². The molecule has 0 bridgehead atoms. The molecule has 1 fully saturated rings. The molecule has 1 N–H and O–H groups in total. The third-order valence-corrected chi connectivity index (χ3v) is 4.70. The van der Waals surface area contributed by atoms with Gasteiger partial charge in [-0.05, 0) is 70.9 Å². The smallest absolute Gasteiger partial charge is 0.0128 e. The Morgan fingerprint density at radius 3 is 2.35 bits per heavy atom. The van der Waals surface area contributed by atoms with Crippen molar-refractivity contribution >= 4 is 0 Å². The first-order valence-electron chi connectivity index (χ1n) is 8.43. The Kier molecular flexibility index (Phi) is 7.49. The van der Waals surface area contributed by atoms with Gasteiger partial charge in [-0.1, -0.05) is 27.7 Å². The minimum Gasteiger partial charge on any atom is -0.314 e. The summed E-state index contributed by atoms with van der Waals surface area (Å²) in [7, 11) is 4.54. The van der Waals surface area contributed by atoms with E-state index in [1.807, 2.05) is 0 Å². The van der Waals surface area contributed by atoms with Gasteiger partial charge < -0.3 is 15.1 Å². The lowest BCUT2D eigenvalue weighted by Gasteiger charge is -2.35. The van der Waals surface area contributed by atoms with Gasteiger partial charge in [-0.3, -0.25) is 0 Å². The van der Waals surface area contributed by atoms with Crippen LogP contribution in [0.2, 0.25) is 0 Å². The minimum atomic E-state index is 0.352. The van der Waals surface area contributed by atoms with E-state index >= 15 is 0 Å². The van der Waals surface area contributed by atoms with Gasteiger partial charge in [-0.15, -0.1) is 0 Å². The maximum absolute atomic E-state index is 3.65.